The lowest BCUT2D eigenvalue weighted by Gasteiger charge is -2.16. The molecule has 0 aliphatic heterocycles. The Bertz CT molecular complexity index is 814. The van der Waals surface area contributed by atoms with E-state index in [9.17, 15) is 18.4 Å². The molecule has 0 unspecified atom stereocenters. The zero-order chi connectivity index (χ0) is 18.6. The highest BCUT2D eigenvalue weighted by atomic mass is 35.5. The molecule has 0 bridgehead atoms. The fourth-order valence-corrected chi connectivity index (χ4v) is 2.27. The van der Waals surface area contributed by atoms with Crippen molar-refractivity contribution in [2.24, 2.45) is 0 Å². The molecule has 25 heavy (non-hydrogen) atoms. The first-order valence-electron chi connectivity index (χ1n) is 7.36. The van der Waals surface area contributed by atoms with E-state index in [1.165, 1.54) is 6.92 Å². The van der Waals surface area contributed by atoms with Crippen LogP contribution in [0.1, 0.15) is 13.8 Å². The first kappa shape index (κ1) is 18.7. The van der Waals surface area contributed by atoms with Crippen molar-refractivity contribution in [1.29, 1.82) is 0 Å². The van der Waals surface area contributed by atoms with Crippen LogP contribution in [0.4, 0.5) is 25.8 Å². The third kappa shape index (κ3) is 5.15. The van der Waals surface area contributed by atoms with Crippen LogP contribution in [0.2, 0.25) is 5.02 Å². The fourth-order valence-electron chi connectivity index (χ4n) is 2.05. The molecular weight excluding hydrogens is 352 g/mol. The van der Waals surface area contributed by atoms with E-state index in [1.807, 2.05) is 0 Å². The standard InChI is InChI=1S/C17H16ClF2N3O2/c1-9(17(25)23-16-7-11(19)3-5-14(16)20)21-12-4-6-15(13(18)8-12)22-10(2)24/h3-9,21H,1-2H3,(H,22,24)(H,23,25)/t9-/m0/s1. The molecule has 0 saturated heterocycles. The lowest BCUT2D eigenvalue weighted by atomic mass is 10.2. The molecule has 3 N–H and O–H groups in total. The van der Waals surface area contributed by atoms with Gasteiger partial charge in [-0.3, -0.25) is 9.59 Å². The van der Waals surface area contributed by atoms with E-state index < -0.39 is 23.6 Å². The van der Waals surface area contributed by atoms with E-state index >= 15 is 0 Å². The first-order chi connectivity index (χ1) is 11.8. The summed E-state index contributed by atoms with van der Waals surface area (Å²) < 4.78 is 26.7. The molecule has 5 nitrogen and oxygen atoms in total. The summed E-state index contributed by atoms with van der Waals surface area (Å²) >= 11 is 6.06. The number of carbonyl (C=O) groups is 2. The quantitative estimate of drug-likeness (QED) is 0.747. The van der Waals surface area contributed by atoms with Crippen LogP contribution in [0.15, 0.2) is 36.4 Å². The van der Waals surface area contributed by atoms with Crippen molar-refractivity contribution in [3.05, 3.63) is 53.1 Å². The van der Waals surface area contributed by atoms with Crippen LogP contribution in [0.5, 0.6) is 0 Å². The van der Waals surface area contributed by atoms with Gasteiger partial charge in [0.25, 0.3) is 0 Å². The highest BCUT2D eigenvalue weighted by Crippen LogP contribution is 2.26. The summed E-state index contributed by atoms with van der Waals surface area (Å²) in [4.78, 5) is 23.2. The second-order valence-electron chi connectivity index (χ2n) is 5.36. The molecule has 0 aliphatic rings. The van der Waals surface area contributed by atoms with Gasteiger partial charge in [-0.15, -0.1) is 0 Å². The number of halogens is 3. The Kier molecular flexibility index (Phi) is 5.93. The van der Waals surface area contributed by atoms with Gasteiger partial charge in [0.05, 0.1) is 16.4 Å². The number of hydrogen-bond donors (Lipinski definition) is 3. The largest absolute Gasteiger partial charge is 0.374 e. The minimum Gasteiger partial charge on any atom is -0.374 e. The average molecular weight is 368 g/mol. The summed E-state index contributed by atoms with van der Waals surface area (Å²) in [5.74, 6) is -2.19. The highest BCUT2D eigenvalue weighted by Gasteiger charge is 2.16. The van der Waals surface area contributed by atoms with Crippen LogP contribution in [-0.4, -0.2) is 17.9 Å². The van der Waals surface area contributed by atoms with E-state index in [1.54, 1.807) is 25.1 Å². The number of hydrogen-bond acceptors (Lipinski definition) is 3. The molecule has 0 aliphatic carbocycles. The Morgan fingerprint density at radius 2 is 1.76 bits per heavy atom. The van der Waals surface area contributed by atoms with Gasteiger partial charge in [0.1, 0.15) is 17.7 Å². The molecule has 132 valence electrons. The summed E-state index contributed by atoms with van der Waals surface area (Å²) in [5.41, 5.74) is 0.734. The monoisotopic (exact) mass is 367 g/mol. The van der Waals surface area contributed by atoms with Crippen LogP contribution in [0, 0.1) is 11.6 Å². The molecule has 1 atom stereocenters. The summed E-state index contributed by atoms with van der Waals surface area (Å²) in [6, 6.07) is 6.81. The van der Waals surface area contributed by atoms with Crippen molar-refractivity contribution in [3.63, 3.8) is 0 Å². The average Bonchev–Trinajstić information content (AvgIpc) is 2.53. The molecule has 2 amide bonds. The Labute approximate surface area is 148 Å². The van der Waals surface area contributed by atoms with Crippen LogP contribution in [0.3, 0.4) is 0 Å². The lowest BCUT2D eigenvalue weighted by Crippen LogP contribution is -2.32. The van der Waals surface area contributed by atoms with Crippen LogP contribution >= 0.6 is 11.6 Å². The number of benzene rings is 2. The molecule has 2 rings (SSSR count). The van der Waals surface area contributed by atoms with Crippen molar-refractivity contribution >= 4 is 40.5 Å². The zero-order valence-electron chi connectivity index (χ0n) is 13.5. The lowest BCUT2D eigenvalue weighted by molar-refractivity contribution is -0.116. The molecule has 0 radical (unpaired) electrons. The van der Waals surface area contributed by atoms with E-state index in [2.05, 4.69) is 16.0 Å². The van der Waals surface area contributed by atoms with Crippen molar-refractivity contribution in [2.75, 3.05) is 16.0 Å². The number of anilines is 3. The van der Waals surface area contributed by atoms with Gasteiger partial charge in [-0.1, -0.05) is 11.6 Å². The normalized spacial score (nSPS) is 11.6. The van der Waals surface area contributed by atoms with Gasteiger partial charge in [0, 0.05) is 18.7 Å². The summed E-state index contributed by atoms with van der Waals surface area (Å²) in [6.45, 7) is 2.92. The van der Waals surface area contributed by atoms with Gasteiger partial charge in [0.2, 0.25) is 11.8 Å². The second kappa shape index (κ2) is 7.94. The van der Waals surface area contributed by atoms with Gasteiger partial charge in [-0.05, 0) is 37.3 Å². The molecule has 2 aromatic carbocycles. The molecule has 0 aromatic heterocycles. The Morgan fingerprint density at radius 1 is 1.04 bits per heavy atom. The van der Waals surface area contributed by atoms with Crippen LogP contribution in [0.25, 0.3) is 0 Å². The molecule has 0 fully saturated rings. The second-order valence-corrected chi connectivity index (χ2v) is 5.76. The topological polar surface area (TPSA) is 70.2 Å². The zero-order valence-corrected chi connectivity index (χ0v) is 14.2. The van der Waals surface area contributed by atoms with Crippen LogP contribution < -0.4 is 16.0 Å². The van der Waals surface area contributed by atoms with E-state index in [4.69, 9.17) is 11.6 Å². The summed E-state index contributed by atoms with van der Waals surface area (Å²) in [6.07, 6.45) is 0. The highest BCUT2D eigenvalue weighted by molar-refractivity contribution is 6.34. The molecular formula is C17H16ClF2N3O2. The van der Waals surface area contributed by atoms with Crippen molar-refractivity contribution in [3.8, 4) is 0 Å². The molecule has 2 aromatic rings. The predicted molar refractivity (Wildman–Crippen MR) is 93.8 cm³/mol. The number of rotatable bonds is 5. The maximum absolute atomic E-state index is 13.6. The van der Waals surface area contributed by atoms with Gasteiger partial charge in [-0.2, -0.15) is 0 Å². The maximum atomic E-state index is 13.6. The SMILES string of the molecule is CC(=O)Nc1ccc(N[C@@H](C)C(=O)Nc2cc(F)ccc2F)cc1Cl. The van der Waals surface area contributed by atoms with Gasteiger partial charge < -0.3 is 16.0 Å². The minimum absolute atomic E-state index is 0.238. The molecule has 0 saturated carbocycles. The van der Waals surface area contributed by atoms with Crippen molar-refractivity contribution < 1.29 is 18.4 Å². The fraction of sp³-hybridized carbons (Fsp3) is 0.176. The Hall–Kier alpha value is -2.67. The van der Waals surface area contributed by atoms with E-state index in [0.717, 1.165) is 18.2 Å². The van der Waals surface area contributed by atoms with Gasteiger partial charge in [0.15, 0.2) is 0 Å². The summed E-state index contributed by atoms with van der Waals surface area (Å²) in [5, 5.41) is 8.07. The van der Waals surface area contributed by atoms with Gasteiger partial charge in [-0.25, -0.2) is 8.78 Å². The van der Waals surface area contributed by atoms with Crippen molar-refractivity contribution in [2.45, 2.75) is 19.9 Å². The number of amides is 2. The Morgan fingerprint density at radius 3 is 2.40 bits per heavy atom. The third-order valence-electron chi connectivity index (χ3n) is 3.24. The van der Waals surface area contributed by atoms with Gasteiger partial charge >= 0.3 is 0 Å². The maximum Gasteiger partial charge on any atom is 0.246 e. The Balaban J connectivity index is 2.04. The van der Waals surface area contributed by atoms with Crippen molar-refractivity contribution in [1.82, 2.24) is 0 Å². The summed E-state index contributed by atoms with van der Waals surface area (Å²) in [7, 11) is 0. The predicted octanol–water partition coefficient (Wildman–Crippen LogP) is 4.02. The van der Waals surface area contributed by atoms with E-state index in [-0.39, 0.29) is 11.6 Å². The number of carbonyl (C=O) groups excluding carboxylic acids is 2. The molecule has 0 heterocycles. The third-order valence-corrected chi connectivity index (χ3v) is 3.56. The molecule has 8 heteroatoms. The van der Waals surface area contributed by atoms with E-state index in [0.29, 0.717) is 16.4 Å². The number of nitrogens with one attached hydrogen (secondary N) is 3. The first-order valence-corrected chi connectivity index (χ1v) is 7.73. The molecule has 0 spiro atoms. The smallest absolute Gasteiger partial charge is 0.246 e. The van der Waals surface area contributed by atoms with Crippen LogP contribution in [-0.2, 0) is 9.59 Å². The minimum atomic E-state index is -0.745.